The van der Waals surface area contributed by atoms with Crippen molar-refractivity contribution in [2.45, 2.75) is 19.3 Å². The Balaban J connectivity index is 2.03. The molecule has 1 amide bonds. The molecule has 0 aromatic heterocycles. The summed E-state index contributed by atoms with van der Waals surface area (Å²) in [4.78, 5) is 22.1. The number of nitrogen functional groups attached to an aromatic ring is 1. The lowest BCUT2D eigenvalue weighted by Crippen LogP contribution is -2.25. The third-order valence-corrected chi connectivity index (χ3v) is 3.15. The van der Waals surface area contributed by atoms with E-state index in [-0.39, 0.29) is 22.8 Å². The zero-order chi connectivity index (χ0) is 13.8. The molecule has 7 nitrogen and oxygen atoms in total. The number of benzene rings is 1. The molecule has 102 valence electrons. The number of carbonyl (C=O) groups is 1. The monoisotopic (exact) mass is 264 g/mol. The highest BCUT2D eigenvalue weighted by molar-refractivity contribution is 5.95. The Hall–Kier alpha value is -2.15. The van der Waals surface area contributed by atoms with Crippen LogP contribution in [-0.2, 0) is 0 Å². The molecule has 0 unspecified atom stereocenters. The molecule has 0 spiro atoms. The molecule has 0 radical (unpaired) electrons. The van der Waals surface area contributed by atoms with Crippen molar-refractivity contribution in [1.29, 1.82) is 0 Å². The van der Waals surface area contributed by atoms with Crippen LogP contribution in [0.4, 0.5) is 11.4 Å². The lowest BCUT2D eigenvalue weighted by Gasteiger charge is -2.06. The number of nitrogens with two attached hydrogens (primary N) is 1. The van der Waals surface area contributed by atoms with E-state index in [0.717, 1.165) is 12.3 Å². The van der Waals surface area contributed by atoms with Crippen molar-refractivity contribution in [2.75, 3.05) is 12.0 Å². The third-order valence-electron chi connectivity index (χ3n) is 3.15. The first-order valence-corrected chi connectivity index (χ1v) is 6.15. The Kier molecular flexibility index (Phi) is 3.96. The maximum absolute atomic E-state index is 11.8. The van der Waals surface area contributed by atoms with E-state index >= 15 is 0 Å². The lowest BCUT2D eigenvalue weighted by molar-refractivity contribution is -0.384. The van der Waals surface area contributed by atoms with E-state index in [1.54, 1.807) is 0 Å². The van der Waals surface area contributed by atoms with Crippen molar-refractivity contribution in [1.82, 2.24) is 5.32 Å². The topological polar surface area (TPSA) is 110 Å². The molecule has 1 aliphatic rings. The number of hydrogen-bond donors (Lipinski definition) is 3. The molecule has 0 aliphatic heterocycles. The summed E-state index contributed by atoms with van der Waals surface area (Å²) in [5.74, 6) is 5.62. The second kappa shape index (κ2) is 5.66. The first-order valence-electron chi connectivity index (χ1n) is 6.15. The van der Waals surface area contributed by atoms with E-state index in [9.17, 15) is 14.9 Å². The van der Waals surface area contributed by atoms with Crippen molar-refractivity contribution in [3.05, 3.63) is 33.9 Å². The van der Waals surface area contributed by atoms with E-state index in [2.05, 4.69) is 10.7 Å². The summed E-state index contributed by atoms with van der Waals surface area (Å²) in [7, 11) is 0. The van der Waals surface area contributed by atoms with Gasteiger partial charge in [0.2, 0.25) is 0 Å². The molecule has 0 heterocycles. The Morgan fingerprint density at radius 3 is 2.79 bits per heavy atom. The smallest absolute Gasteiger partial charge is 0.294 e. The second-order valence-corrected chi connectivity index (χ2v) is 4.62. The largest absolute Gasteiger partial charge is 0.352 e. The van der Waals surface area contributed by atoms with Crippen molar-refractivity contribution < 1.29 is 9.72 Å². The molecule has 1 fully saturated rings. The predicted molar refractivity (Wildman–Crippen MR) is 70.6 cm³/mol. The summed E-state index contributed by atoms with van der Waals surface area (Å²) in [6.07, 6.45) is 3.44. The zero-order valence-electron chi connectivity index (χ0n) is 10.4. The molecular weight excluding hydrogens is 248 g/mol. The average Bonchev–Trinajstić information content (AvgIpc) is 3.21. The summed E-state index contributed by atoms with van der Waals surface area (Å²) in [6.45, 7) is 0.605. The molecule has 0 atom stereocenters. The first-order chi connectivity index (χ1) is 9.11. The molecule has 1 aliphatic carbocycles. The normalized spacial score (nSPS) is 13.9. The lowest BCUT2D eigenvalue weighted by atomic mass is 10.1. The molecule has 7 heteroatoms. The van der Waals surface area contributed by atoms with Gasteiger partial charge in [-0.1, -0.05) is 12.8 Å². The molecule has 0 bridgehead atoms. The molecule has 1 aromatic rings. The van der Waals surface area contributed by atoms with Gasteiger partial charge in [-0.2, -0.15) is 0 Å². The van der Waals surface area contributed by atoms with E-state index in [1.807, 2.05) is 0 Å². The highest BCUT2D eigenvalue weighted by Crippen LogP contribution is 2.31. The minimum absolute atomic E-state index is 0.180. The van der Waals surface area contributed by atoms with Crippen molar-refractivity contribution in [3.8, 4) is 0 Å². The van der Waals surface area contributed by atoms with Crippen LogP contribution < -0.4 is 16.6 Å². The quantitative estimate of drug-likeness (QED) is 0.409. The minimum Gasteiger partial charge on any atom is -0.352 e. The Bertz CT molecular complexity index is 500. The molecule has 2 rings (SSSR count). The summed E-state index contributed by atoms with van der Waals surface area (Å²) in [5.41, 5.74) is 2.47. The van der Waals surface area contributed by atoms with Crippen LogP contribution in [-0.4, -0.2) is 17.4 Å². The van der Waals surface area contributed by atoms with Crippen LogP contribution in [0.3, 0.4) is 0 Å². The van der Waals surface area contributed by atoms with E-state index in [1.165, 1.54) is 31.0 Å². The Morgan fingerprint density at radius 1 is 1.47 bits per heavy atom. The average molecular weight is 264 g/mol. The zero-order valence-corrected chi connectivity index (χ0v) is 10.4. The number of hydrogen-bond acceptors (Lipinski definition) is 5. The number of nitro benzene ring substituents is 1. The van der Waals surface area contributed by atoms with Gasteiger partial charge in [0.15, 0.2) is 0 Å². The van der Waals surface area contributed by atoms with E-state index in [4.69, 9.17) is 5.84 Å². The standard InChI is InChI=1S/C12H16N4O3/c13-15-10-4-3-9(7-11(10)16(18)19)12(17)14-6-5-8-1-2-8/h3-4,7-8,15H,1-2,5-6,13H2,(H,14,17). The number of amides is 1. The number of nitrogens with zero attached hydrogens (tertiary/aromatic N) is 1. The number of rotatable bonds is 6. The van der Waals surface area contributed by atoms with Gasteiger partial charge in [-0.15, -0.1) is 0 Å². The molecule has 4 N–H and O–H groups in total. The number of nitrogens with one attached hydrogen (secondary N) is 2. The van der Waals surface area contributed by atoms with E-state index < -0.39 is 4.92 Å². The maximum Gasteiger partial charge on any atom is 0.294 e. The molecule has 19 heavy (non-hydrogen) atoms. The number of carbonyl (C=O) groups excluding carboxylic acids is 1. The summed E-state index contributed by atoms with van der Waals surface area (Å²) < 4.78 is 0. The first kappa shape index (κ1) is 13.3. The van der Waals surface area contributed by atoms with Gasteiger partial charge in [-0.25, -0.2) is 0 Å². The molecule has 0 saturated heterocycles. The van der Waals surface area contributed by atoms with Gasteiger partial charge in [0.1, 0.15) is 5.69 Å². The van der Waals surface area contributed by atoms with Gasteiger partial charge in [0.05, 0.1) is 4.92 Å². The molecule has 1 saturated carbocycles. The summed E-state index contributed by atoms with van der Waals surface area (Å²) >= 11 is 0. The number of hydrazine groups is 1. The second-order valence-electron chi connectivity index (χ2n) is 4.62. The van der Waals surface area contributed by atoms with Gasteiger partial charge in [0.25, 0.3) is 11.6 Å². The van der Waals surface area contributed by atoms with Crippen LogP contribution in [0.5, 0.6) is 0 Å². The van der Waals surface area contributed by atoms with Gasteiger partial charge >= 0.3 is 0 Å². The van der Waals surface area contributed by atoms with Gasteiger partial charge in [0, 0.05) is 18.2 Å². The van der Waals surface area contributed by atoms with Crippen LogP contribution in [0, 0.1) is 16.0 Å². The third kappa shape index (κ3) is 3.41. The van der Waals surface area contributed by atoms with Crippen LogP contribution in [0.1, 0.15) is 29.6 Å². The fourth-order valence-electron chi connectivity index (χ4n) is 1.84. The van der Waals surface area contributed by atoms with Crippen LogP contribution >= 0.6 is 0 Å². The fourth-order valence-corrected chi connectivity index (χ4v) is 1.84. The minimum atomic E-state index is -0.573. The maximum atomic E-state index is 11.8. The van der Waals surface area contributed by atoms with E-state index in [0.29, 0.717) is 6.54 Å². The van der Waals surface area contributed by atoms with Gasteiger partial charge in [-0.05, 0) is 24.5 Å². The summed E-state index contributed by atoms with van der Waals surface area (Å²) in [6, 6.07) is 4.16. The SMILES string of the molecule is NNc1ccc(C(=O)NCCC2CC2)cc1[N+](=O)[O-]. The van der Waals surface area contributed by atoms with Crippen molar-refractivity contribution in [3.63, 3.8) is 0 Å². The predicted octanol–water partition coefficient (Wildman–Crippen LogP) is 1.41. The number of anilines is 1. The van der Waals surface area contributed by atoms with Gasteiger partial charge in [-0.3, -0.25) is 20.8 Å². The van der Waals surface area contributed by atoms with Crippen molar-refractivity contribution in [2.24, 2.45) is 11.8 Å². The van der Waals surface area contributed by atoms with Crippen molar-refractivity contribution >= 4 is 17.3 Å². The van der Waals surface area contributed by atoms with Crippen LogP contribution in [0.15, 0.2) is 18.2 Å². The molecule has 1 aromatic carbocycles. The van der Waals surface area contributed by atoms with Crippen LogP contribution in [0.25, 0.3) is 0 Å². The highest BCUT2D eigenvalue weighted by Gasteiger charge is 2.21. The fraction of sp³-hybridized carbons (Fsp3) is 0.417. The highest BCUT2D eigenvalue weighted by atomic mass is 16.6. The summed E-state index contributed by atoms with van der Waals surface area (Å²) in [5, 5.41) is 13.6. The van der Waals surface area contributed by atoms with Gasteiger partial charge < -0.3 is 10.7 Å². The molecular formula is C12H16N4O3. The Morgan fingerprint density at radius 2 is 2.21 bits per heavy atom. The van der Waals surface area contributed by atoms with Crippen LogP contribution in [0.2, 0.25) is 0 Å². The number of nitro groups is 1. The Labute approximate surface area is 110 Å².